The highest BCUT2D eigenvalue weighted by molar-refractivity contribution is 5.97. The number of carbonyl (C=O) groups is 2. The number of pyridine rings is 1. The molecule has 1 aliphatic rings. The van der Waals surface area contributed by atoms with Gasteiger partial charge in [0.15, 0.2) is 0 Å². The second kappa shape index (κ2) is 7.86. The Bertz CT molecular complexity index is 528. The first kappa shape index (κ1) is 16.4. The molecule has 2 N–H and O–H groups in total. The van der Waals surface area contributed by atoms with E-state index >= 15 is 0 Å². The van der Waals surface area contributed by atoms with E-state index in [9.17, 15) is 9.59 Å². The van der Waals surface area contributed by atoms with E-state index in [1.807, 2.05) is 0 Å². The highest BCUT2D eigenvalue weighted by Gasteiger charge is 2.26. The zero-order valence-corrected chi connectivity index (χ0v) is 12.4. The molecule has 1 aromatic heterocycles. The first-order valence-corrected chi connectivity index (χ1v) is 7.17. The molecule has 2 heterocycles. The molecule has 0 aliphatic carbocycles. The molecule has 7 nitrogen and oxygen atoms in total. The van der Waals surface area contributed by atoms with Crippen LogP contribution in [0.1, 0.15) is 33.6 Å². The fourth-order valence-electron chi connectivity index (χ4n) is 2.53. The van der Waals surface area contributed by atoms with Gasteiger partial charge in [0.1, 0.15) is 0 Å². The number of ether oxygens (including phenoxy) is 2. The van der Waals surface area contributed by atoms with Gasteiger partial charge in [-0.3, -0.25) is 9.78 Å². The van der Waals surface area contributed by atoms with Crippen LogP contribution in [0.25, 0.3) is 0 Å². The third-order valence-electron chi connectivity index (χ3n) is 3.75. The van der Waals surface area contributed by atoms with E-state index in [1.54, 1.807) is 7.11 Å². The van der Waals surface area contributed by atoms with E-state index in [1.165, 1.54) is 18.5 Å². The van der Waals surface area contributed by atoms with Crippen LogP contribution in [0.5, 0.6) is 0 Å². The van der Waals surface area contributed by atoms with Gasteiger partial charge in [-0.1, -0.05) is 0 Å². The first-order chi connectivity index (χ1) is 10.6. The lowest BCUT2D eigenvalue weighted by Gasteiger charge is -2.30. The summed E-state index contributed by atoms with van der Waals surface area (Å²) in [5, 5.41) is 11.9. The van der Waals surface area contributed by atoms with Crippen LogP contribution in [0.2, 0.25) is 0 Å². The number of carbonyl (C=O) groups excluding carboxylic acids is 1. The molecule has 1 saturated heterocycles. The molecule has 0 radical (unpaired) electrons. The van der Waals surface area contributed by atoms with Crippen LogP contribution < -0.4 is 5.32 Å². The Kier molecular flexibility index (Phi) is 5.85. The molecule has 2 rings (SSSR count). The van der Waals surface area contributed by atoms with Crippen LogP contribution in [0.15, 0.2) is 18.5 Å². The molecular formula is C15H20N2O5. The second-order valence-corrected chi connectivity index (χ2v) is 5.25. The van der Waals surface area contributed by atoms with Gasteiger partial charge in [0.25, 0.3) is 5.91 Å². The van der Waals surface area contributed by atoms with Crippen molar-refractivity contribution in [1.82, 2.24) is 10.3 Å². The summed E-state index contributed by atoms with van der Waals surface area (Å²) in [6, 6.07) is 1.19. The number of nitrogens with one attached hydrogen (secondary N) is 1. The van der Waals surface area contributed by atoms with Gasteiger partial charge in [-0.2, -0.15) is 0 Å². The van der Waals surface area contributed by atoms with Crippen LogP contribution >= 0.6 is 0 Å². The monoisotopic (exact) mass is 308 g/mol. The van der Waals surface area contributed by atoms with E-state index in [2.05, 4.69) is 10.3 Å². The summed E-state index contributed by atoms with van der Waals surface area (Å²) < 4.78 is 10.5. The zero-order valence-electron chi connectivity index (χ0n) is 12.4. The van der Waals surface area contributed by atoms with Gasteiger partial charge in [0.2, 0.25) is 0 Å². The molecular weight excluding hydrogens is 288 g/mol. The summed E-state index contributed by atoms with van der Waals surface area (Å²) in [6.45, 7) is 1.76. The average molecular weight is 308 g/mol. The van der Waals surface area contributed by atoms with Crippen LogP contribution in [-0.2, 0) is 9.47 Å². The molecule has 1 aliphatic heterocycles. The molecule has 0 spiro atoms. The van der Waals surface area contributed by atoms with Crippen LogP contribution in [0, 0.1) is 5.92 Å². The van der Waals surface area contributed by atoms with Crippen molar-refractivity contribution in [3.8, 4) is 0 Å². The number of aromatic nitrogens is 1. The quantitative estimate of drug-likeness (QED) is 0.812. The molecule has 22 heavy (non-hydrogen) atoms. The lowest BCUT2D eigenvalue weighted by molar-refractivity contribution is 0.0361. The number of carboxylic acids is 1. The molecule has 0 bridgehead atoms. The summed E-state index contributed by atoms with van der Waals surface area (Å²) in [6.07, 6.45) is 4.29. The molecule has 1 aromatic rings. The van der Waals surface area contributed by atoms with Crippen molar-refractivity contribution in [2.75, 3.05) is 26.9 Å². The van der Waals surface area contributed by atoms with E-state index in [4.69, 9.17) is 14.6 Å². The fourth-order valence-corrected chi connectivity index (χ4v) is 2.53. The van der Waals surface area contributed by atoms with Crippen LogP contribution in [0.4, 0.5) is 0 Å². The maximum absolute atomic E-state index is 12.3. The summed E-state index contributed by atoms with van der Waals surface area (Å²) in [4.78, 5) is 27.1. The SMILES string of the molecule is COCC(NC(=O)c1cncc(C(=O)O)c1)C1CCOCC1. The van der Waals surface area contributed by atoms with Gasteiger partial charge >= 0.3 is 5.97 Å². The van der Waals surface area contributed by atoms with Gasteiger partial charge in [-0.15, -0.1) is 0 Å². The lowest BCUT2D eigenvalue weighted by Crippen LogP contribution is -2.45. The van der Waals surface area contributed by atoms with Crippen molar-refractivity contribution in [3.05, 3.63) is 29.6 Å². The number of nitrogens with zero attached hydrogens (tertiary/aromatic N) is 1. The third kappa shape index (κ3) is 4.25. The fraction of sp³-hybridized carbons (Fsp3) is 0.533. The molecule has 1 amide bonds. The van der Waals surface area contributed by atoms with Crippen molar-refractivity contribution in [2.45, 2.75) is 18.9 Å². The van der Waals surface area contributed by atoms with Gasteiger partial charge < -0.3 is 19.9 Å². The van der Waals surface area contributed by atoms with Gasteiger partial charge in [0, 0.05) is 32.7 Å². The smallest absolute Gasteiger partial charge is 0.337 e. The third-order valence-corrected chi connectivity index (χ3v) is 3.75. The largest absolute Gasteiger partial charge is 0.478 e. The average Bonchev–Trinajstić information content (AvgIpc) is 2.55. The Morgan fingerprint density at radius 1 is 1.41 bits per heavy atom. The number of aromatic carboxylic acids is 1. The summed E-state index contributed by atoms with van der Waals surface area (Å²) >= 11 is 0. The molecule has 0 aromatic carbocycles. The topological polar surface area (TPSA) is 97.8 Å². The van der Waals surface area contributed by atoms with E-state index in [-0.39, 0.29) is 29.0 Å². The van der Waals surface area contributed by atoms with Crippen molar-refractivity contribution in [1.29, 1.82) is 0 Å². The lowest BCUT2D eigenvalue weighted by atomic mass is 9.92. The zero-order chi connectivity index (χ0) is 15.9. The van der Waals surface area contributed by atoms with Gasteiger partial charge in [-0.25, -0.2) is 4.79 Å². The second-order valence-electron chi connectivity index (χ2n) is 5.25. The first-order valence-electron chi connectivity index (χ1n) is 7.17. The normalized spacial score (nSPS) is 17.0. The number of methoxy groups -OCH3 is 1. The predicted molar refractivity (Wildman–Crippen MR) is 77.9 cm³/mol. The number of hydrogen-bond donors (Lipinski definition) is 2. The van der Waals surface area contributed by atoms with Crippen LogP contribution in [0.3, 0.4) is 0 Å². The predicted octanol–water partition coefficient (Wildman–Crippen LogP) is 0.951. The van der Waals surface area contributed by atoms with E-state index < -0.39 is 5.97 Å². The summed E-state index contributed by atoms with van der Waals surface area (Å²) in [5.74, 6) is -1.17. The standard InChI is InChI=1S/C15H20N2O5/c1-21-9-13(10-2-4-22-5-3-10)17-14(18)11-6-12(15(19)20)8-16-7-11/h6-8,10,13H,2-5,9H2,1H3,(H,17,18)(H,19,20). The maximum atomic E-state index is 12.3. The Balaban J connectivity index is 2.06. The highest BCUT2D eigenvalue weighted by Crippen LogP contribution is 2.19. The van der Waals surface area contributed by atoms with Gasteiger partial charge in [0.05, 0.1) is 23.8 Å². The molecule has 120 valence electrons. The minimum atomic E-state index is -1.11. The summed E-state index contributed by atoms with van der Waals surface area (Å²) in [5.41, 5.74) is 0.218. The Hall–Kier alpha value is -1.99. The maximum Gasteiger partial charge on any atom is 0.337 e. The Morgan fingerprint density at radius 3 is 2.73 bits per heavy atom. The molecule has 1 atom stereocenters. The van der Waals surface area contributed by atoms with E-state index in [0.717, 1.165) is 12.8 Å². The minimum Gasteiger partial charge on any atom is -0.478 e. The number of rotatable bonds is 6. The van der Waals surface area contributed by atoms with E-state index in [0.29, 0.717) is 19.8 Å². The van der Waals surface area contributed by atoms with Crippen molar-refractivity contribution < 1.29 is 24.2 Å². The Morgan fingerprint density at radius 2 is 2.09 bits per heavy atom. The molecule has 1 unspecified atom stereocenters. The number of hydrogen-bond acceptors (Lipinski definition) is 5. The van der Waals surface area contributed by atoms with Crippen LogP contribution in [-0.4, -0.2) is 54.9 Å². The van der Waals surface area contributed by atoms with Crippen molar-refractivity contribution >= 4 is 11.9 Å². The van der Waals surface area contributed by atoms with Crippen molar-refractivity contribution in [2.24, 2.45) is 5.92 Å². The Labute approximate surface area is 128 Å². The van der Waals surface area contributed by atoms with Crippen molar-refractivity contribution in [3.63, 3.8) is 0 Å². The number of carboxylic acid groups (broad SMARTS) is 1. The van der Waals surface area contributed by atoms with Gasteiger partial charge in [-0.05, 0) is 24.8 Å². The summed E-state index contributed by atoms with van der Waals surface area (Å²) in [7, 11) is 1.59. The molecule has 0 saturated carbocycles. The molecule has 1 fully saturated rings. The highest BCUT2D eigenvalue weighted by atomic mass is 16.5. The minimum absolute atomic E-state index is 0.0120. The molecule has 7 heteroatoms. The number of amides is 1.